The van der Waals surface area contributed by atoms with E-state index in [1.807, 2.05) is 38.1 Å². The molecule has 1 heterocycles. The Kier molecular flexibility index (Phi) is 4.45. The van der Waals surface area contributed by atoms with Crippen molar-refractivity contribution in [1.82, 2.24) is 4.72 Å². The van der Waals surface area contributed by atoms with Crippen LogP contribution >= 0.6 is 27.3 Å². The van der Waals surface area contributed by atoms with Crippen LogP contribution in [-0.4, -0.2) is 8.42 Å². The molecule has 1 unspecified atom stereocenters. The first-order chi connectivity index (χ1) is 8.92. The largest absolute Gasteiger partial charge is 0.251 e. The molecule has 1 atom stereocenters. The fraction of sp³-hybridized carbons (Fsp3) is 0.231. The van der Waals surface area contributed by atoms with Crippen LogP contribution in [0.1, 0.15) is 24.1 Å². The topological polar surface area (TPSA) is 46.2 Å². The summed E-state index contributed by atoms with van der Waals surface area (Å²) in [5, 5.41) is 1.75. The van der Waals surface area contributed by atoms with Gasteiger partial charge >= 0.3 is 0 Å². The predicted octanol–water partition coefficient (Wildman–Crippen LogP) is 3.86. The van der Waals surface area contributed by atoms with Crippen LogP contribution in [0.3, 0.4) is 0 Å². The number of halogens is 1. The third-order valence-corrected chi connectivity index (χ3v) is 7.03. The van der Waals surface area contributed by atoms with Crippen molar-refractivity contribution in [2.45, 2.75) is 24.1 Å². The molecule has 2 aromatic rings. The van der Waals surface area contributed by atoms with Gasteiger partial charge in [0.25, 0.3) is 10.0 Å². The van der Waals surface area contributed by atoms with Crippen molar-refractivity contribution in [2.24, 2.45) is 0 Å². The molecule has 19 heavy (non-hydrogen) atoms. The van der Waals surface area contributed by atoms with Crippen molar-refractivity contribution in [1.29, 1.82) is 0 Å². The molecule has 2 rings (SSSR count). The first-order valence-electron chi connectivity index (χ1n) is 5.72. The molecule has 1 aromatic heterocycles. The van der Waals surface area contributed by atoms with Crippen LogP contribution in [0.2, 0.25) is 0 Å². The third kappa shape index (κ3) is 3.25. The number of sulfonamides is 1. The highest BCUT2D eigenvalue weighted by atomic mass is 79.9. The number of hydrogen-bond acceptors (Lipinski definition) is 3. The molecule has 0 amide bonds. The maximum atomic E-state index is 12.3. The van der Waals surface area contributed by atoms with E-state index >= 15 is 0 Å². The molecule has 6 heteroatoms. The smallest absolute Gasteiger partial charge is 0.206 e. The molecule has 0 fully saturated rings. The van der Waals surface area contributed by atoms with Crippen LogP contribution in [0.5, 0.6) is 0 Å². The fourth-order valence-electron chi connectivity index (χ4n) is 1.89. The summed E-state index contributed by atoms with van der Waals surface area (Å²) < 4.78 is 28.2. The van der Waals surface area contributed by atoms with E-state index in [4.69, 9.17) is 0 Å². The van der Waals surface area contributed by atoms with Gasteiger partial charge in [0.1, 0.15) is 4.21 Å². The maximum Gasteiger partial charge on any atom is 0.251 e. The van der Waals surface area contributed by atoms with E-state index in [1.165, 1.54) is 11.3 Å². The molecule has 0 saturated carbocycles. The Labute approximate surface area is 125 Å². The standard InChI is InChI=1S/C13H14BrNO2S2/c1-9-5-3-4-6-11(9)10(2)15-19(16,17)13-12(14)7-8-18-13/h3-8,10,15H,1-2H3. The summed E-state index contributed by atoms with van der Waals surface area (Å²) in [6.07, 6.45) is 0. The predicted molar refractivity (Wildman–Crippen MR) is 81.9 cm³/mol. The van der Waals surface area contributed by atoms with E-state index in [9.17, 15) is 8.42 Å². The highest BCUT2D eigenvalue weighted by Crippen LogP contribution is 2.29. The molecule has 0 bridgehead atoms. The van der Waals surface area contributed by atoms with E-state index in [1.54, 1.807) is 11.4 Å². The summed E-state index contributed by atoms with van der Waals surface area (Å²) in [5.74, 6) is 0. The third-order valence-electron chi connectivity index (χ3n) is 2.82. The molecule has 1 N–H and O–H groups in total. The highest BCUT2D eigenvalue weighted by molar-refractivity contribution is 9.10. The van der Waals surface area contributed by atoms with Crippen molar-refractivity contribution in [3.8, 4) is 0 Å². The Bertz CT molecular complexity index is 679. The zero-order valence-electron chi connectivity index (χ0n) is 10.6. The van der Waals surface area contributed by atoms with Gasteiger partial charge in [-0.2, -0.15) is 0 Å². The van der Waals surface area contributed by atoms with Gasteiger partial charge in [0.2, 0.25) is 0 Å². The molecular formula is C13H14BrNO2S2. The Morgan fingerprint density at radius 2 is 1.95 bits per heavy atom. The summed E-state index contributed by atoms with van der Waals surface area (Å²) in [6.45, 7) is 3.82. The molecule has 0 aliphatic heterocycles. The van der Waals surface area contributed by atoms with Crippen LogP contribution in [-0.2, 0) is 10.0 Å². The van der Waals surface area contributed by atoms with Gasteiger partial charge in [0, 0.05) is 10.5 Å². The van der Waals surface area contributed by atoms with Gasteiger partial charge in [-0.05, 0) is 52.4 Å². The zero-order valence-corrected chi connectivity index (χ0v) is 13.8. The molecule has 0 saturated heterocycles. The monoisotopic (exact) mass is 359 g/mol. The lowest BCUT2D eigenvalue weighted by Crippen LogP contribution is -2.26. The van der Waals surface area contributed by atoms with Crippen molar-refractivity contribution < 1.29 is 8.42 Å². The van der Waals surface area contributed by atoms with E-state index in [2.05, 4.69) is 20.7 Å². The average Bonchev–Trinajstić information content (AvgIpc) is 2.76. The molecule has 0 aliphatic rings. The Morgan fingerprint density at radius 3 is 2.53 bits per heavy atom. The van der Waals surface area contributed by atoms with E-state index < -0.39 is 10.0 Å². The molecule has 102 valence electrons. The van der Waals surface area contributed by atoms with Gasteiger partial charge in [-0.25, -0.2) is 13.1 Å². The Balaban J connectivity index is 2.27. The quantitative estimate of drug-likeness (QED) is 0.900. The maximum absolute atomic E-state index is 12.3. The lowest BCUT2D eigenvalue weighted by Gasteiger charge is -2.16. The van der Waals surface area contributed by atoms with E-state index in [0.717, 1.165) is 11.1 Å². The second kappa shape index (κ2) is 5.75. The van der Waals surface area contributed by atoms with Gasteiger partial charge in [-0.3, -0.25) is 0 Å². The van der Waals surface area contributed by atoms with Crippen molar-refractivity contribution in [3.05, 3.63) is 51.3 Å². The van der Waals surface area contributed by atoms with Gasteiger partial charge in [-0.15, -0.1) is 11.3 Å². The molecule has 0 radical (unpaired) electrons. The summed E-state index contributed by atoms with van der Waals surface area (Å²) in [4.78, 5) is 0. The number of thiophene rings is 1. The Hall–Kier alpha value is -0.690. The SMILES string of the molecule is Cc1ccccc1C(C)NS(=O)(=O)c1sccc1Br. The van der Waals surface area contributed by atoms with Gasteiger partial charge in [-0.1, -0.05) is 24.3 Å². The van der Waals surface area contributed by atoms with Crippen LogP contribution in [0, 0.1) is 6.92 Å². The molecule has 1 aromatic carbocycles. The summed E-state index contributed by atoms with van der Waals surface area (Å²) in [7, 11) is -3.49. The number of rotatable bonds is 4. The number of benzene rings is 1. The second-order valence-electron chi connectivity index (χ2n) is 4.26. The summed E-state index contributed by atoms with van der Waals surface area (Å²) in [5.41, 5.74) is 2.06. The molecule has 0 spiro atoms. The molecule has 0 aliphatic carbocycles. The van der Waals surface area contributed by atoms with Crippen molar-refractivity contribution in [3.63, 3.8) is 0 Å². The first-order valence-corrected chi connectivity index (χ1v) is 8.88. The van der Waals surface area contributed by atoms with Crippen LogP contribution in [0.4, 0.5) is 0 Å². The summed E-state index contributed by atoms with van der Waals surface area (Å²) in [6, 6.07) is 9.23. The summed E-state index contributed by atoms with van der Waals surface area (Å²) >= 11 is 4.45. The fourth-order valence-corrected chi connectivity index (χ4v) is 5.47. The normalized spacial score (nSPS) is 13.4. The van der Waals surface area contributed by atoms with Gasteiger partial charge in [0.05, 0.1) is 0 Å². The van der Waals surface area contributed by atoms with Gasteiger partial charge in [0.15, 0.2) is 0 Å². The average molecular weight is 360 g/mol. The van der Waals surface area contributed by atoms with Crippen LogP contribution in [0.25, 0.3) is 0 Å². The molecule has 3 nitrogen and oxygen atoms in total. The number of hydrogen-bond donors (Lipinski definition) is 1. The first kappa shape index (κ1) is 14.7. The number of nitrogens with one attached hydrogen (secondary N) is 1. The minimum Gasteiger partial charge on any atom is -0.206 e. The second-order valence-corrected chi connectivity index (χ2v) is 7.94. The zero-order chi connectivity index (χ0) is 14.0. The van der Waals surface area contributed by atoms with Crippen LogP contribution < -0.4 is 4.72 Å². The van der Waals surface area contributed by atoms with E-state index in [0.29, 0.717) is 8.68 Å². The minimum absolute atomic E-state index is 0.264. The van der Waals surface area contributed by atoms with Crippen LogP contribution in [0.15, 0.2) is 44.4 Å². The van der Waals surface area contributed by atoms with Gasteiger partial charge < -0.3 is 0 Å². The lowest BCUT2D eigenvalue weighted by molar-refractivity contribution is 0.568. The Morgan fingerprint density at radius 1 is 1.26 bits per heavy atom. The van der Waals surface area contributed by atoms with E-state index in [-0.39, 0.29) is 6.04 Å². The van der Waals surface area contributed by atoms with Crippen molar-refractivity contribution in [2.75, 3.05) is 0 Å². The highest BCUT2D eigenvalue weighted by Gasteiger charge is 2.22. The minimum atomic E-state index is -3.49. The number of aryl methyl sites for hydroxylation is 1. The van der Waals surface area contributed by atoms with Crippen molar-refractivity contribution >= 4 is 37.3 Å². The lowest BCUT2D eigenvalue weighted by atomic mass is 10.0. The molecular weight excluding hydrogens is 346 g/mol.